The number of nitrogens with zero attached hydrogens (tertiary/aromatic N) is 1. The summed E-state index contributed by atoms with van der Waals surface area (Å²) in [5.41, 5.74) is 6.41. The van der Waals surface area contributed by atoms with Crippen molar-refractivity contribution < 1.29 is 19.1 Å². The van der Waals surface area contributed by atoms with E-state index in [1.807, 2.05) is 64.1 Å². The summed E-state index contributed by atoms with van der Waals surface area (Å²) in [7, 11) is 0. The van der Waals surface area contributed by atoms with Crippen LogP contribution < -0.4 is 19.7 Å². The van der Waals surface area contributed by atoms with Gasteiger partial charge in [0.1, 0.15) is 5.70 Å². The molecule has 6 heteroatoms. The summed E-state index contributed by atoms with van der Waals surface area (Å²) in [6.45, 7) is 7.95. The molecule has 3 aromatic carbocycles. The molecule has 0 bridgehead atoms. The molecule has 1 N–H and O–H groups in total. The third-order valence-corrected chi connectivity index (χ3v) is 5.98. The molecule has 3 aromatic rings. The van der Waals surface area contributed by atoms with Gasteiger partial charge in [0.25, 0.3) is 11.8 Å². The summed E-state index contributed by atoms with van der Waals surface area (Å²) in [4.78, 5) is 28.7. The third kappa shape index (κ3) is 3.53. The fourth-order valence-electron chi connectivity index (χ4n) is 4.29. The number of aryl methyl sites for hydroxylation is 4. The van der Waals surface area contributed by atoms with Crippen molar-refractivity contribution in [3.8, 4) is 11.5 Å². The zero-order chi connectivity index (χ0) is 23.3. The standard InChI is InChI=1S/C27H24N2O4/c1-15-6-9-20(18(4)11-15)24-25(28-19-8-10-22-23(13-19)33-14-32-22)27(31)29(26(24)30)21-12-16(2)5-7-17(21)3/h5-13,28H,14H2,1-4H3. The highest BCUT2D eigenvalue weighted by Gasteiger charge is 2.41. The SMILES string of the molecule is Cc1ccc(C2=C(Nc3ccc4c(c3)OCO4)C(=O)N(c3cc(C)ccc3C)C2=O)c(C)c1. The topological polar surface area (TPSA) is 67.9 Å². The summed E-state index contributed by atoms with van der Waals surface area (Å²) < 4.78 is 10.9. The number of rotatable bonds is 4. The van der Waals surface area contributed by atoms with Crippen molar-refractivity contribution in [2.75, 3.05) is 17.0 Å². The molecule has 0 fully saturated rings. The molecule has 0 radical (unpaired) electrons. The Morgan fingerprint density at radius 2 is 1.48 bits per heavy atom. The van der Waals surface area contributed by atoms with Crippen molar-refractivity contribution in [3.63, 3.8) is 0 Å². The van der Waals surface area contributed by atoms with Crippen LogP contribution in [0.25, 0.3) is 5.57 Å². The van der Waals surface area contributed by atoms with E-state index in [1.165, 1.54) is 4.90 Å². The molecule has 0 aliphatic carbocycles. The molecule has 33 heavy (non-hydrogen) atoms. The Hall–Kier alpha value is -4.06. The van der Waals surface area contributed by atoms with Gasteiger partial charge < -0.3 is 14.8 Å². The van der Waals surface area contributed by atoms with Crippen molar-refractivity contribution >= 4 is 28.8 Å². The van der Waals surface area contributed by atoms with Gasteiger partial charge in [-0.3, -0.25) is 9.59 Å². The highest BCUT2D eigenvalue weighted by Crippen LogP contribution is 2.39. The maximum Gasteiger partial charge on any atom is 0.282 e. The number of amides is 2. The number of carbonyl (C=O) groups excluding carboxylic acids is 2. The van der Waals surface area contributed by atoms with Gasteiger partial charge in [0.15, 0.2) is 11.5 Å². The molecule has 5 rings (SSSR count). The van der Waals surface area contributed by atoms with Crippen LogP contribution >= 0.6 is 0 Å². The average molecular weight is 440 g/mol. The molecular weight excluding hydrogens is 416 g/mol. The minimum absolute atomic E-state index is 0.160. The highest BCUT2D eigenvalue weighted by atomic mass is 16.7. The molecule has 6 nitrogen and oxygen atoms in total. The fourth-order valence-corrected chi connectivity index (χ4v) is 4.29. The predicted molar refractivity (Wildman–Crippen MR) is 127 cm³/mol. The van der Waals surface area contributed by atoms with Crippen molar-refractivity contribution in [1.29, 1.82) is 0 Å². The Bertz CT molecular complexity index is 1360. The zero-order valence-electron chi connectivity index (χ0n) is 19.0. The van der Waals surface area contributed by atoms with Crippen molar-refractivity contribution in [2.24, 2.45) is 0 Å². The van der Waals surface area contributed by atoms with E-state index < -0.39 is 0 Å². The Morgan fingerprint density at radius 1 is 0.758 bits per heavy atom. The van der Waals surface area contributed by atoms with Gasteiger partial charge in [-0.1, -0.05) is 35.9 Å². The summed E-state index contributed by atoms with van der Waals surface area (Å²) in [6.07, 6.45) is 0. The fraction of sp³-hybridized carbons (Fsp3) is 0.185. The van der Waals surface area contributed by atoms with Gasteiger partial charge in [-0.2, -0.15) is 0 Å². The van der Waals surface area contributed by atoms with Gasteiger partial charge in [0.05, 0.1) is 11.3 Å². The van der Waals surface area contributed by atoms with Crippen LogP contribution in [0.3, 0.4) is 0 Å². The molecule has 2 heterocycles. The number of hydrogen-bond donors (Lipinski definition) is 1. The number of nitrogens with one attached hydrogen (secondary N) is 1. The molecule has 0 spiro atoms. The molecule has 2 aliphatic heterocycles. The van der Waals surface area contributed by atoms with E-state index >= 15 is 0 Å². The number of imide groups is 1. The van der Waals surface area contributed by atoms with E-state index in [9.17, 15) is 9.59 Å². The first-order valence-corrected chi connectivity index (χ1v) is 10.8. The maximum absolute atomic E-state index is 13.8. The van der Waals surface area contributed by atoms with Crippen LogP contribution in [0.15, 0.2) is 60.3 Å². The third-order valence-electron chi connectivity index (χ3n) is 5.98. The van der Waals surface area contributed by atoms with Crippen LogP contribution in [0.2, 0.25) is 0 Å². The monoisotopic (exact) mass is 440 g/mol. The number of anilines is 2. The van der Waals surface area contributed by atoms with E-state index in [0.717, 1.165) is 27.8 Å². The largest absolute Gasteiger partial charge is 0.454 e. The van der Waals surface area contributed by atoms with Crippen LogP contribution in [0.1, 0.15) is 27.8 Å². The van der Waals surface area contributed by atoms with E-state index in [1.54, 1.807) is 18.2 Å². The number of carbonyl (C=O) groups is 2. The molecule has 2 aliphatic rings. The molecule has 0 aromatic heterocycles. The average Bonchev–Trinajstić information content (AvgIpc) is 3.33. The minimum Gasteiger partial charge on any atom is -0.454 e. The van der Waals surface area contributed by atoms with Crippen LogP contribution in [0, 0.1) is 27.7 Å². The summed E-state index contributed by atoms with van der Waals surface area (Å²) >= 11 is 0. The molecule has 166 valence electrons. The Balaban J connectivity index is 1.65. The lowest BCUT2D eigenvalue weighted by atomic mass is 9.97. The number of hydrogen-bond acceptors (Lipinski definition) is 5. The van der Waals surface area contributed by atoms with E-state index in [-0.39, 0.29) is 24.3 Å². The van der Waals surface area contributed by atoms with Gasteiger partial charge >= 0.3 is 0 Å². The second-order valence-corrected chi connectivity index (χ2v) is 8.50. The molecule has 0 atom stereocenters. The van der Waals surface area contributed by atoms with Gasteiger partial charge in [-0.15, -0.1) is 0 Å². The summed E-state index contributed by atoms with van der Waals surface area (Å²) in [5.74, 6) is 0.511. The van der Waals surface area contributed by atoms with Gasteiger partial charge in [0, 0.05) is 11.8 Å². The Labute approximate surface area is 192 Å². The van der Waals surface area contributed by atoms with Gasteiger partial charge in [-0.05, 0) is 68.1 Å². The van der Waals surface area contributed by atoms with Crippen molar-refractivity contribution in [3.05, 3.63) is 88.1 Å². The van der Waals surface area contributed by atoms with Crippen LogP contribution in [0.4, 0.5) is 11.4 Å². The first kappa shape index (κ1) is 20.8. The first-order chi connectivity index (χ1) is 15.8. The predicted octanol–water partition coefficient (Wildman–Crippen LogP) is 5.05. The van der Waals surface area contributed by atoms with Crippen LogP contribution in [-0.2, 0) is 9.59 Å². The highest BCUT2D eigenvalue weighted by molar-refractivity contribution is 6.46. The van der Waals surface area contributed by atoms with Crippen molar-refractivity contribution in [1.82, 2.24) is 0 Å². The van der Waals surface area contributed by atoms with Crippen molar-refractivity contribution in [2.45, 2.75) is 27.7 Å². The summed E-state index contributed by atoms with van der Waals surface area (Å²) in [6, 6.07) is 17.0. The number of ether oxygens (including phenoxy) is 2. The maximum atomic E-state index is 13.8. The molecule has 0 unspecified atom stereocenters. The second kappa shape index (κ2) is 7.81. The van der Waals surface area contributed by atoms with E-state index in [4.69, 9.17) is 9.47 Å². The first-order valence-electron chi connectivity index (χ1n) is 10.8. The molecular formula is C27H24N2O4. The van der Waals surface area contributed by atoms with E-state index in [2.05, 4.69) is 5.32 Å². The number of fused-ring (bicyclic) bond motifs is 1. The normalized spacial score (nSPS) is 15.0. The van der Waals surface area contributed by atoms with Crippen LogP contribution in [-0.4, -0.2) is 18.6 Å². The molecule has 0 saturated carbocycles. The lowest BCUT2D eigenvalue weighted by Crippen LogP contribution is -2.33. The smallest absolute Gasteiger partial charge is 0.282 e. The molecule has 0 saturated heterocycles. The van der Waals surface area contributed by atoms with Gasteiger partial charge in [-0.25, -0.2) is 4.90 Å². The Morgan fingerprint density at radius 3 is 2.27 bits per heavy atom. The summed E-state index contributed by atoms with van der Waals surface area (Å²) in [5, 5.41) is 3.21. The number of benzene rings is 3. The quantitative estimate of drug-likeness (QED) is 0.576. The van der Waals surface area contributed by atoms with E-state index in [0.29, 0.717) is 28.4 Å². The lowest BCUT2D eigenvalue weighted by Gasteiger charge is -2.18. The Kier molecular flexibility index (Phi) is 4.93. The zero-order valence-corrected chi connectivity index (χ0v) is 19.0. The molecule has 2 amide bonds. The van der Waals surface area contributed by atoms with Gasteiger partial charge in [0.2, 0.25) is 6.79 Å². The minimum atomic E-state index is -0.388. The van der Waals surface area contributed by atoms with Crippen LogP contribution in [0.5, 0.6) is 11.5 Å². The second-order valence-electron chi connectivity index (χ2n) is 8.50. The lowest BCUT2D eigenvalue weighted by molar-refractivity contribution is -0.120.